The minimum Gasteiger partial charge on any atom is -0.345 e. The van der Waals surface area contributed by atoms with Gasteiger partial charge in [-0.15, -0.1) is 11.3 Å². The van der Waals surface area contributed by atoms with Crippen LogP contribution in [-0.2, 0) is 19.4 Å². The zero-order valence-corrected chi connectivity index (χ0v) is 13.0. The highest BCUT2D eigenvalue weighted by atomic mass is 32.1. The summed E-state index contributed by atoms with van der Waals surface area (Å²) in [6.45, 7) is 5.55. The van der Waals surface area contributed by atoms with Crippen LogP contribution in [0.3, 0.4) is 0 Å². The molecule has 2 heterocycles. The number of nitrogens with zero attached hydrogens (tertiary/aromatic N) is 1. The first-order valence-electron chi connectivity index (χ1n) is 7.40. The first kappa shape index (κ1) is 13.4. The number of aryl methyl sites for hydroxylation is 4. The lowest BCUT2D eigenvalue weighted by molar-refractivity contribution is 0.652. The topological polar surface area (TPSA) is 4.93 Å². The highest BCUT2D eigenvalue weighted by molar-refractivity contribution is 7.11. The normalized spacial score (nSPS) is 11.3. The molecule has 0 atom stereocenters. The van der Waals surface area contributed by atoms with Gasteiger partial charge in [0.25, 0.3) is 0 Å². The van der Waals surface area contributed by atoms with Gasteiger partial charge >= 0.3 is 0 Å². The van der Waals surface area contributed by atoms with Gasteiger partial charge in [-0.1, -0.05) is 25.1 Å². The molecule has 0 aliphatic rings. The number of hydrogen-bond donors (Lipinski definition) is 0. The number of hydrogen-bond acceptors (Lipinski definition) is 1. The SMILES string of the molecule is CCc1ccc(CCCn2c(C)cc3ccccc32)s1. The number of fused-ring (bicyclic) bond motifs is 1. The first-order chi connectivity index (χ1) is 9.78. The average molecular weight is 283 g/mol. The molecule has 0 amide bonds. The lowest BCUT2D eigenvalue weighted by atomic mass is 10.2. The van der Waals surface area contributed by atoms with Gasteiger partial charge in [0.15, 0.2) is 0 Å². The second-order valence-electron chi connectivity index (χ2n) is 5.32. The van der Waals surface area contributed by atoms with Crippen LogP contribution in [0.15, 0.2) is 42.5 Å². The quantitative estimate of drug-likeness (QED) is 0.606. The van der Waals surface area contributed by atoms with Crippen LogP contribution in [0, 0.1) is 6.92 Å². The molecule has 20 heavy (non-hydrogen) atoms. The van der Waals surface area contributed by atoms with Crippen LogP contribution in [0.5, 0.6) is 0 Å². The van der Waals surface area contributed by atoms with Gasteiger partial charge in [0.1, 0.15) is 0 Å². The van der Waals surface area contributed by atoms with Crippen molar-refractivity contribution >= 4 is 22.2 Å². The number of aromatic nitrogens is 1. The largest absolute Gasteiger partial charge is 0.345 e. The van der Waals surface area contributed by atoms with Gasteiger partial charge in [-0.25, -0.2) is 0 Å². The summed E-state index contributed by atoms with van der Waals surface area (Å²) >= 11 is 1.97. The molecule has 104 valence electrons. The van der Waals surface area contributed by atoms with Crippen molar-refractivity contribution in [1.29, 1.82) is 0 Å². The van der Waals surface area contributed by atoms with E-state index in [1.807, 2.05) is 11.3 Å². The van der Waals surface area contributed by atoms with E-state index in [0.717, 1.165) is 13.0 Å². The molecule has 0 bridgehead atoms. The molecule has 0 aliphatic carbocycles. The molecule has 1 aromatic carbocycles. The maximum absolute atomic E-state index is 2.45. The molecule has 1 nitrogen and oxygen atoms in total. The second-order valence-corrected chi connectivity index (χ2v) is 6.57. The van der Waals surface area contributed by atoms with Gasteiger partial charge < -0.3 is 4.57 Å². The fourth-order valence-electron chi connectivity index (χ4n) is 2.80. The third-order valence-corrected chi connectivity index (χ3v) is 5.18. The van der Waals surface area contributed by atoms with Crippen molar-refractivity contribution in [3.05, 3.63) is 57.9 Å². The highest BCUT2D eigenvalue weighted by Gasteiger charge is 2.05. The second kappa shape index (κ2) is 5.84. The van der Waals surface area contributed by atoms with Crippen LogP contribution >= 0.6 is 11.3 Å². The Morgan fingerprint density at radius 1 is 1.05 bits per heavy atom. The molecule has 3 aromatic rings. The Labute approximate surface area is 124 Å². The third kappa shape index (κ3) is 2.66. The number of rotatable bonds is 5. The van der Waals surface area contributed by atoms with Gasteiger partial charge in [-0.2, -0.15) is 0 Å². The van der Waals surface area contributed by atoms with E-state index in [9.17, 15) is 0 Å². The van der Waals surface area contributed by atoms with Crippen molar-refractivity contribution < 1.29 is 0 Å². The summed E-state index contributed by atoms with van der Waals surface area (Å²) in [4.78, 5) is 3.03. The van der Waals surface area contributed by atoms with Crippen molar-refractivity contribution in [3.8, 4) is 0 Å². The summed E-state index contributed by atoms with van der Waals surface area (Å²) in [6, 6.07) is 15.5. The van der Waals surface area contributed by atoms with Crippen LogP contribution in [-0.4, -0.2) is 4.57 Å². The number of benzene rings is 1. The fraction of sp³-hybridized carbons (Fsp3) is 0.333. The van der Waals surface area contributed by atoms with Crippen LogP contribution in [0.4, 0.5) is 0 Å². The summed E-state index contributed by atoms with van der Waals surface area (Å²) in [5, 5.41) is 1.36. The van der Waals surface area contributed by atoms with E-state index in [2.05, 4.69) is 60.9 Å². The summed E-state index contributed by atoms with van der Waals surface area (Å²) in [6.07, 6.45) is 3.56. The fourth-order valence-corrected chi connectivity index (χ4v) is 3.80. The zero-order valence-electron chi connectivity index (χ0n) is 12.2. The first-order valence-corrected chi connectivity index (χ1v) is 8.22. The molecule has 0 saturated carbocycles. The molecular formula is C18H21NS. The van der Waals surface area contributed by atoms with Crippen LogP contribution < -0.4 is 0 Å². The molecule has 0 unspecified atom stereocenters. The molecule has 0 saturated heterocycles. The third-order valence-electron chi connectivity index (χ3n) is 3.89. The summed E-state index contributed by atoms with van der Waals surface area (Å²) in [5.41, 5.74) is 2.73. The van der Waals surface area contributed by atoms with E-state index in [0.29, 0.717) is 0 Å². The van der Waals surface area contributed by atoms with Crippen molar-refractivity contribution in [2.24, 2.45) is 0 Å². The molecule has 0 spiro atoms. The molecule has 2 aromatic heterocycles. The van der Waals surface area contributed by atoms with E-state index in [1.165, 1.54) is 39.2 Å². The Hall–Kier alpha value is -1.54. The lowest BCUT2D eigenvalue weighted by Crippen LogP contribution is -2.00. The molecule has 0 fully saturated rings. The van der Waals surface area contributed by atoms with E-state index in [4.69, 9.17) is 0 Å². The van der Waals surface area contributed by atoms with E-state index < -0.39 is 0 Å². The minimum absolute atomic E-state index is 1.11. The minimum atomic E-state index is 1.11. The molecular weight excluding hydrogens is 262 g/mol. The number of para-hydroxylation sites is 1. The van der Waals surface area contributed by atoms with Gasteiger partial charge in [0.2, 0.25) is 0 Å². The molecule has 0 N–H and O–H groups in total. The van der Waals surface area contributed by atoms with Crippen LogP contribution in [0.1, 0.15) is 28.8 Å². The lowest BCUT2D eigenvalue weighted by Gasteiger charge is -2.07. The predicted octanol–water partition coefficient (Wildman–Crippen LogP) is 5.21. The van der Waals surface area contributed by atoms with Crippen molar-refractivity contribution in [2.45, 2.75) is 39.7 Å². The predicted molar refractivity (Wildman–Crippen MR) is 88.7 cm³/mol. The standard InChI is InChI=1S/C18H21NS/c1-3-16-10-11-17(20-16)8-6-12-19-14(2)13-15-7-4-5-9-18(15)19/h4-5,7,9-11,13H,3,6,8,12H2,1-2H3. The van der Waals surface area contributed by atoms with Gasteiger partial charge in [0, 0.05) is 27.5 Å². The van der Waals surface area contributed by atoms with E-state index >= 15 is 0 Å². The highest BCUT2D eigenvalue weighted by Crippen LogP contribution is 2.22. The van der Waals surface area contributed by atoms with Crippen LogP contribution in [0.2, 0.25) is 0 Å². The molecule has 0 aliphatic heterocycles. The Morgan fingerprint density at radius 3 is 2.65 bits per heavy atom. The van der Waals surface area contributed by atoms with Gasteiger partial charge in [0.05, 0.1) is 0 Å². The van der Waals surface area contributed by atoms with Gasteiger partial charge in [-0.05, 0) is 55.8 Å². The van der Waals surface area contributed by atoms with E-state index in [1.54, 1.807) is 0 Å². The van der Waals surface area contributed by atoms with Gasteiger partial charge in [-0.3, -0.25) is 0 Å². The molecule has 2 heteroatoms. The summed E-state index contributed by atoms with van der Waals surface area (Å²) in [5.74, 6) is 0. The Morgan fingerprint density at radius 2 is 1.85 bits per heavy atom. The van der Waals surface area contributed by atoms with E-state index in [-0.39, 0.29) is 0 Å². The Balaban J connectivity index is 1.69. The van der Waals surface area contributed by atoms with Crippen molar-refractivity contribution in [1.82, 2.24) is 4.57 Å². The Kier molecular flexibility index (Phi) is 3.93. The summed E-state index contributed by atoms with van der Waals surface area (Å²) < 4.78 is 2.45. The zero-order chi connectivity index (χ0) is 13.9. The maximum Gasteiger partial charge on any atom is 0.0482 e. The molecule has 0 radical (unpaired) electrons. The molecule has 3 rings (SSSR count). The summed E-state index contributed by atoms with van der Waals surface area (Å²) in [7, 11) is 0. The van der Waals surface area contributed by atoms with Crippen molar-refractivity contribution in [2.75, 3.05) is 0 Å². The average Bonchev–Trinajstić information content (AvgIpc) is 3.04. The monoisotopic (exact) mass is 283 g/mol. The Bertz CT molecular complexity index is 705. The number of thiophene rings is 1. The van der Waals surface area contributed by atoms with Crippen LogP contribution in [0.25, 0.3) is 10.9 Å². The maximum atomic E-state index is 2.45. The van der Waals surface area contributed by atoms with Crippen molar-refractivity contribution in [3.63, 3.8) is 0 Å². The smallest absolute Gasteiger partial charge is 0.0482 e.